The molecule has 2 heterocycles. The van der Waals surface area contributed by atoms with Crippen molar-refractivity contribution in [2.24, 2.45) is 0 Å². The van der Waals surface area contributed by atoms with Gasteiger partial charge >= 0.3 is 0 Å². The van der Waals surface area contributed by atoms with Crippen LogP contribution in [0.5, 0.6) is 0 Å². The number of anilines is 1. The Kier molecular flexibility index (Phi) is 4.35. The number of benzene rings is 2. The summed E-state index contributed by atoms with van der Waals surface area (Å²) in [6.07, 6.45) is 2.71. The predicted octanol–water partition coefficient (Wildman–Crippen LogP) is 4.01. The van der Waals surface area contributed by atoms with Crippen LogP contribution in [-0.2, 0) is 0 Å². The Hall–Kier alpha value is -2.86. The summed E-state index contributed by atoms with van der Waals surface area (Å²) in [7, 11) is 0. The maximum Gasteiger partial charge on any atom is 0.251 e. The summed E-state index contributed by atoms with van der Waals surface area (Å²) in [6.45, 7) is 1.39. The molecule has 5 nitrogen and oxygen atoms in total. The third kappa shape index (κ3) is 3.34. The highest BCUT2D eigenvalue weighted by molar-refractivity contribution is 7.13. The Balaban J connectivity index is 1.27. The van der Waals surface area contributed by atoms with E-state index in [4.69, 9.17) is 0 Å². The largest absolute Gasteiger partial charge is 0.369 e. The minimum Gasteiger partial charge on any atom is -0.369 e. The van der Waals surface area contributed by atoms with E-state index in [0.717, 1.165) is 35.1 Å². The first-order valence-electron chi connectivity index (χ1n) is 8.25. The van der Waals surface area contributed by atoms with E-state index in [0.29, 0.717) is 12.1 Å². The van der Waals surface area contributed by atoms with Crippen LogP contribution in [-0.4, -0.2) is 28.4 Å². The van der Waals surface area contributed by atoms with Crippen LogP contribution in [0.15, 0.2) is 54.7 Å². The molecule has 1 amide bonds. The normalized spacial score (nSPS) is 11.0. The first-order valence-corrected chi connectivity index (χ1v) is 9.02. The minimum absolute atomic E-state index is 0.0396. The molecule has 0 aliphatic rings. The molecule has 0 aliphatic carbocycles. The van der Waals surface area contributed by atoms with Gasteiger partial charge in [0.25, 0.3) is 5.91 Å². The van der Waals surface area contributed by atoms with Crippen LogP contribution < -0.4 is 10.6 Å². The fraction of sp³-hybridized carbons (Fsp3) is 0.158. The number of fused-ring (bicyclic) bond motifs is 2. The van der Waals surface area contributed by atoms with Gasteiger partial charge in [-0.1, -0.05) is 12.1 Å². The molecular weight excluding hydrogens is 332 g/mol. The minimum atomic E-state index is -0.0396. The molecule has 0 saturated carbocycles. The molecule has 0 saturated heterocycles. The second-order valence-corrected chi connectivity index (χ2v) is 6.65. The van der Waals surface area contributed by atoms with E-state index in [-0.39, 0.29) is 5.91 Å². The molecule has 126 valence electrons. The van der Waals surface area contributed by atoms with E-state index >= 15 is 0 Å². The molecule has 0 unspecified atom stereocenters. The Labute approximate surface area is 149 Å². The van der Waals surface area contributed by atoms with Crippen LogP contribution in [0.3, 0.4) is 0 Å². The molecule has 0 bridgehead atoms. The van der Waals surface area contributed by atoms with Crippen molar-refractivity contribution in [3.8, 4) is 0 Å². The summed E-state index contributed by atoms with van der Waals surface area (Å²) in [6, 6.07) is 15.8. The highest BCUT2D eigenvalue weighted by atomic mass is 32.1. The molecule has 0 radical (unpaired) electrons. The van der Waals surface area contributed by atoms with Crippen LogP contribution >= 0.6 is 11.5 Å². The molecule has 0 spiro atoms. The number of H-pyrrole nitrogens is 1. The van der Waals surface area contributed by atoms with Crippen molar-refractivity contribution >= 4 is 44.2 Å². The fourth-order valence-corrected chi connectivity index (χ4v) is 3.56. The molecular formula is C19H18N4OS. The number of amides is 1. The second kappa shape index (κ2) is 6.94. The number of carbonyl (C=O) groups excluding carboxylic acids is 1. The van der Waals surface area contributed by atoms with Gasteiger partial charge in [-0.3, -0.25) is 4.79 Å². The quantitative estimate of drug-likeness (QED) is 0.460. The zero-order valence-corrected chi connectivity index (χ0v) is 14.4. The van der Waals surface area contributed by atoms with Crippen LogP contribution in [0, 0.1) is 0 Å². The SMILES string of the molecule is O=C(NCCCNc1nsc2ccccc12)c1ccc2[nH]ccc2c1. The predicted molar refractivity (Wildman–Crippen MR) is 103 cm³/mol. The monoisotopic (exact) mass is 350 g/mol. The zero-order chi connectivity index (χ0) is 17.1. The molecule has 0 aliphatic heterocycles. The van der Waals surface area contributed by atoms with Gasteiger partial charge in [0.05, 0.1) is 4.70 Å². The number of hydrogen-bond donors (Lipinski definition) is 3. The van der Waals surface area contributed by atoms with Gasteiger partial charge in [0.2, 0.25) is 0 Å². The van der Waals surface area contributed by atoms with Crippen LogP contribution in [0.4, 0.5) is 5.82 Å². The number of carbonyl (C=O) groups is 1. The molecule has 0 fully saturated rings. The van der Waals surface area contributed by atoms with Crippen molar-refractivity contribution < 1.29 is 4.79 Å². The molecule has 2 aromatic carbocycles. The topological polar surface area (TPSA) is 69.8 Å². The first kappa shape index (κ1) is 15.7. The van der Waals surface area contributed by atoms with E-state index in [2.05, 4.69) is 32.1 Å². The Morgan fingerprint density at radius 2 is 2.04 bits per heavy atom. The van der Waals surface area contributed by atoms with Crippen molar-refractivity contribution in [2.45, 2.75) is 6.42 Å². The lowest BCUT2D eigenvalue weighted by Gasteiger charge is -2.07. The molecule has 25 heavy (non-hydrogen) atoms. The molecule has 6 heteroatoms. The van der Waals surface area contributed by atoms with Crippen molar-refractivity contribution in [2.75, 3.05) is 18.4 Å². The first-order chi connectivity index (χ1) is 12.3. The van der Waals surface area contributed by atoms with E-state index in [9.17, 15) is 4.79 Å². The zero-order valence-electron chi connectivity index (χ0n) is 13.6. The van der Waals surface area contributed by atoms with Crippen molar-refractivity contribution in [3.05, 3.63) is 60.3 Å². The molecule has 4 aromatic rings. The second-order valence-electron chi connectivity index (χ2n) is 5.84. The van der Waals surface area contributed by atoms with E-state index in [1.807, 2.05) is 42.6 Å². The van der Waals surface area contributed by atoms with Gasteiger partial charge < -0.3 is 15.6 Å². The van der Waals surface area contributed by atoms with E-state index in [1.54, 1.807) is 0 Å². The van der Waals surface area contributed by atoms with Gasteiger partial charge in [0.15, 0.2) is 0 Å². The van der Waals surface area contributed by atoms with Gasteiger partial charge in [-0.15, -0.1) is 0 Å². The third-order valence-electron chi connectivity index (χ3n) is 4.12. The van der Waals surface area contributed by atoms with Crippen molar-refractivity contribution in [1.29, 1.82) is 0 Å². The lowest BCUT2D eigenvalue weighted by Crippen LogP contribution is -2.25. The van der Waals surface area contributed by atoms with Gasteiger partial charge in [-0.05, 0) is 54.4 Å². The summed E-state index contributed by atoms with van der Waals surface area (Å²) >= 11 is 1.50. The average Bonchev–Trinajstić information content (AvgIpc) is 3.27. The highest BCUT2D eigenvalue weighted by Gasteiger charge is 2.07. The van der Waals surface area contributed by atoms with Crippen LogP contribution in [0.2, 0.25) is 0 Å². The smallest absolute Gasteiger partial charge is 0.251 e. The third-order valence-corrected chi connectivity index (χ3v) is 4.95. The Bertz CT molecular complexity index is 1020. The summed E-state index contributed by atoms with van der Waals surface area (Å²) in [5.74, 6) is 0.882. The highest BCUT2D eigenvalue weighted by Crippen LogP contribution is 2.25. The van der Waals surface area contributed by atoms with E-state index in [1.165, 1.54) is 16.2 Å². The fourth-order valence-electron chi connectivity index (χ4n) is 2.81. The van der Waals surface area contributed by atoms with Crippen molar-refractivity contribution in [1.82, 2.24) is 14.7 Å². The van der Waals surface area contributed by atoms with Gasteiger partial charge in [-0.25, -0.2) is 0 Å². The summed E-state index contributed by atoms with van der Waals surface area (Å²) < 4.78 is 5.62. The van der Waals surface area contributed by atoms with E-state index < -0.39 is 0 Å². The molecule has 2 aromatic heterocycles. The summed E-state index contributed by atoms with van der Waals surface area (Å²) in [5, 5.41) is 8.51. The van der Waals surface area contributed by atoms with Gasteiger partial charge in [0, 0.05) is 41.1 Å². The van der Waals surface area contributed by atoms with Crippen molar-refractivity contribution in [3.63, 3.8) is 0 Å². The molecule has 3 N–H and O–H groups in total. The lowest BCUT2D eigenvalue weighted by atomic mass is 10.1. The number of aromatic nitrogens is 2. The average molecular weight is 350 g/mol. The summed E-state index contributed by atoms with van der Waals surface area (Å²) in [5.41, 5.74) is 1.72. The number of aromatic amines is 1. The molecule has 4 rings (SSSR count). The number of rotatable bonds is 6. The number of nitrogens with zero attached hydrogens (tertiary/aromatic N) is 1. The van der Waals surface area contributed by atoms with Crippen LogP contribution in [0.25, 0.3) is 21.0 Å². The van der Waals surface area contributed by atoms with Crippen LogP contribution in [0.1, 0.15) is 16.8 Å². The molecule has 0 atom stereocenters. The lowest BCUT2D eigenvalue weighted by molar-refractivity contribution is 0.0953. The van der Waals surface area contributed by atoms with Gasteiger partial charge in [0.1, 0.15) is 5.82 Å². The standard InChI is InChI=1S/C19H18N4OS/c24-19(14-6-7-16-13(12-14)8-11-20-16)22-10-3-9-21-18-15-4-1-2-5-17(15)25-23-18/h1-2,4-8,11-12,20H,3,9-10H2,(H,21,23)(H,22,24). The number of nitrogens with one attached hydrogen (secondary N) is 3. The van der Waals surface area contributed by atoms with Gasteiger partial charge in [-0.2, -0.15) is 4.37 Å². The summed E-state index contributed by atoms with van der Waals surface area (Å²) in [4.78, 5) is 15.4. The maximum atomic E-state index is 12.2. The maximum absolute atomic E-state index is 12.2. The Morgan fingerprint density at radius 3 is 3.00 bits per heavy atom. The number of hydrogen-bond acceptors (Lipinski definition) is 4. The Morgan fingerprint density at radius 1 is 1.12 bits per heavy atom.